The number of anilines is 1. The highest BCUT2D eigenvalue weighted by Crippen LogP contribution is 2.38. The van der Waals surface area contributed by atoms with Crippen LogP contribution in [0.5, 0.6) is 5.75 Å². The molecule has 0 atom stereocenters. The lowest BCUT2D eigenvalue weighted by atomic mass is 10.1. The number of para-hydroxylation sites is 2. The lowest BCUT2D eigenvalue weighted by Crippen LogP contribution is -2.15. The van der Waals surface area contributed by atoms with Crippen LogP contribution in [0.4, 0.5) is 5.69 Å². The summed E-state index contributed by atoms with van der Waals surface area (Å²) in [6, 6.07) is 15.8. The van der Waals surface area contributed by atoms with Gasteiger partial charge in [0.25, 0.3) is 0 Å². The molecule has 30 heavy (non-hydrogen) atoms. The Labute approximate surface area is 183 Å². The van der Waals surface area contributed by atoms with Crippen LogP contribution >= 0.6 is 23.1 Å². The highest BCUT2D eigenvalue weighted by Gasteiger charge is 2.15. The van der Waals surface area contributed by atoms with Crippen molar-refractivity contribution in [2.24, 2.45) is 0 Å². The number of benzene rings is 2. The average Bonchev–Trinajstić information content (AvgIpc) is 3.19. The third-order valence-corrected chi connectivity index (χ3v) is 6.37. The Kier molecular flexibility index (Phi) is 6.30. The Balaban J connectivity index is 1.54. The van der Waals surface area contributed by atoms with Crippen LogP contribution in [0, 0.1) is 6.92 Å². The zero-order valence-electron chi connectivity index (χ0n) is 16.7. The van der Waals surface area contributed by atoms with Crippen molar-refractivity contribution in [1.82, 2.24) is 9.97 Å². The minimum Gasteiger partial charge on any atom is -0.492 e. The lowest BCUT2D eigenvalue weighted by molar-refractivity contribution is -0.113. The topological polar surface area (TPSA) is 64.1 Å². The molecule has 0 radical (unpaired) electrons. The van der Waals surface area contributed by atoms with Crippen LogP contribution in [0.3, 0.4) is 0 Å². The van der Waals surface area contributed by atoms with Gasteiger partial charge in [0.15, 0.2) is 0 Å². The molecule has 0 aliphatic heterocycles. The molecule has 152 valence electrons. The number of aromatic nitrogens is 2. The van der Waals surface area contributed by atoms with E-state index in [1.165, 1.54) is 17.3 Å². The van der Waals surface area contributed by atoms with Gasteiger partial charge in [-0.25, -0.2) is 9.97 Å². The summed E-state index contributed by atoms with van der Waals surface area (Å²) in [5.41, 5.74) is 4.11. The van der Waals surface area contributed by atoms with E-state index in [1.807, 2.05) is 31.2 Å². The average molecular weight is 436 g/mol. The molecule has 5 nitrogen and oxygen atoms in total. The maximum atomic E-state index is 12.6. The van der Waals surface area contributed by atoms with E-state index in [0.29, 0.717) is 18.0 Å². The number of rotatable bonds is 7. The second-order valence-corrected chi connectivity index (χ2v) is 8.46. The van der Waals surface area contributed by atoms with Crippen LogP contribution in [0.15, 0.2) is 65.3 Å². The zero-order valence-corrected chi connectivity index (χ0v) is 18.3. The van der Waals surface area contributed by atoms with Crippen molar-refractivity contribution in [3.8, 4) is 16.9 Å². The number of fused-ring (bicyclic) bond motifs is 1. The van der Waals surface area contributed by atoms with Gasteiger partial charge in [0.05, 0.1) is 23.4 Å². The number of nitrogens with zero attached hydrogens (tertiary/aromatic N) is 2. The number of carbonyl (C=O) groups excluding carboxylic acids is 1. The van der Waals surface area contributed by atoms with Gasteiger partial charge in [-0.2, -0.15) is 0 Å². The summed E-state index contributed by atoms with van der Waals surface area (Å²) in [4.78, 5) is 22.4. The fraction of sp³-hybridized carbons (Fsp3) is 0.174. The van der Waals surface area contributed by atoms with Crippen molar-refractivity contribution in [3.05, 3.63) is 65.8 Å². The summed E-state index contributed by atoms with van der Waals surface area (Å²) in [7, 11) is 0. The summed E-state index contributed by atoms with van der Waals surface area (Å²) in [5, 5.41) is 6.85. The molecule has 0 unspecified atom stereocenters. The maximum absolute atomic E-state index is 12.6. The highest BCUT2D eigenvalue weighted by atomic mass is 32.2. The van der Waals surface area contributed by atoms with Gasteiger partial charge in [-0.1, -0.05) is 53.7 Å². The molecule has 0 spiro atoms. The minimum atomic E-state index is -0.106. The summed E-state index contributed by atoms with van der Waals surface area (Å²) in [6.45, 7) is 4.53. The largest absolute Gasteiger partial charge is 0.492 e. The first-order valence-corrected chi connectivity index (χ1v) is 11.5. The van der Waals surface area contributed by atoms with Crippen LogP contribution in [-0.4, -0.2) is 28.2 Å². The first kappa shape index (κ1) is 20.4. The van der Waals surface area contributed by atoms with Crippen molar-refractivity contribution in [3.63, 3.8) is 0 Å². The Morgan fingerprint density at radius 3 is 2.73 bits per heavy atom. The van der Waals surface area contributed by atoms with Crippen LogP contribution in [-0.2, 0) is 4.79 Å². The molecule has 0 aliphatic rings. The number of carbonyl (C=O) groups is 1. The molecule has 1 N–H and O–H groups in total. The number of ether oxygens (including phenoxy) is 1. The molecule has 7 heteroatoms. The Morgan fingerprint density at radius 1 is 1.13 bits per heavy atom. The molecule has 2 aromatic heterocycles. The molecule has 4 aromatic rings. The molecular formula is C23H21N3O2S2. The number of nitrogens with one attached hydrogen (secondary N) is 1. The summed E-state index contributed by atoms with van der Waals surface area (Å²) < 4.78 is 5.58. The quantitative estimate of drug-likeness (QED) is 0.294. The Morgan fingerprint density at radius 2 is 1.93 bits per heavy atom. The molecule has 0 fully saturated rings. The SMILES string of the molecule is CCOc1ccccc1NC(=O)CSc1ncnc2scc(-c3ccc(C)cc3)c12. The molecule has 4 rings (SSSR count). The van der Waals surface area contributed by atoms with E-state index < -0.39 is 0 Å². The van der Waals surface area contributed by atoms with E-state index in [9.17, 15) is 4.79 Å². The Bertz CT molecular complexity index is 1170. The third-order valence-electron chi connectivity index (χ3n) is 4.50. The van der Waals surface area contributed by atoms with Gasteiger partial charge in [0.1, 0.15) is 21.9 Å². The van der Waals surface area contributed by atoms with E-state index in [4.69, 9.17) is 4.74 Å². The van der Waals surface area contributed by atoms with Crippen LogP contribution in [0.25, 0.3) is 21.3 Å². The van der Waals surface area contributed by atoms with Gasteiger partial charge in [0.2, 0.25) is 5.91 Å². The predicted octanol–water partition coefficient (Wildman–Crippen LogP) is 5.80. The van der Waals surface area contributed by atoms with E-state index in [1.54, 1.807) is 17.7 Å². The van der Waals surface area contributed by atoms with E-state index >= 15 is 0 Å². The fourth-order valence-corrected chi connectivity index (χ4v) is 4.87. The molecule has 0 saturated carbocycles. The summed E-state index contributed by atoms with van der Waals surface area (Å²) >= 11 is 3.01. The monoisotopic (exact) mass is 435 g/mol. The van der Waals surface area contributed by atoms with Gasteiger partial charge in [0, 0.05) is 10.9 Å². The Hall–Kier alpha value is -2.90. The van der Waals surface area contributed by atoms with Crippen molar-refractivity contribution in [2.45, 2.75) is 18.9 Å². The second kappa shape index (κ2) is 9.28. The van der Waals surface area contributed by atoms with E-state index in [0.717, 1.165) is 26.4 Å². The molecule has 2 aromatic carbocycles. The lowest BCUT2D eigenvalue weighted by Gasteiger charge is -2.11. The minimum absolute atomic E-state index is 0.106. The predicted molar refractivity (Wildman–Crippen MR) is 125 cm³/mol. The first-order valence-electron chi connectivity index (χ1n) is 9.59. The number of hydrogen-bond acceptors (Lipinski definition) is 6. The van der Waals surface area contributed by atoms with Crippen molar-refractivity contribution in [1.29, 1.82) is 0 Å². The van der Waals surface area contributed by atoms with Crippen LogP contribution in [0.1, 0.15) is 12.5 Å². The third kappa shape index (κ3) is 4.47. The molecule has 0 bridgehead atoms. The van der Waals surface area contributed by atoms with Crippen LogP contribution < -0.4 is 10.1 Å². The standard InChI is InChI=1S/C23H21N3O2S2/c1-3-28-19-7-5-4-6-18(19)26-20(27)13-30-23-21-17(12-29-22(21)24-14-25-23)16-10-8-15(2)9-11-16/h4-12,14H,3,13H2,1-2H3,(H,26,27). The highest BCUT2D eigenvalue weighted by molar-refractivity contribution is 8.00. The van der Waals surface area contributed by atoms with Crippen molar-refractivity contribution in [2.75, 3.05) is 17.7 Å². The maximum Gasteiger partial charge on any atom is 0.234 e. The van der Waals surface area contributed by atoms with Gasteiger partial charge >= 0.3 is 0 Å². The van der Waals surface area contributed by atoms with Gasteiger partial charge < -0.3 is 10.1 Å². The molecule has 2 heterocycles. The second-order valence-electron chi connectivity index (χ2n) is 6.64. The number of thiophene rings is 1. The number of amides is 1. The van der Waals surface area contributed by atoms with E-state index in [2.05, 4.69) is 51.9 Å². The fourth-order valence-electron chi connectivity index (χ4n) is 3.07. The summed E-state index contributed by atoms with van der Waals surface area (Å²) in [6.07, 6.45) is 1.56. The zero-order chi connectivity index (χ0) is 20.9. The molecule has 0 aliphatic carbocycles. The molecule has 1 amide bonds. The smallest absolute Gasteiger partial charge is 0.234 e. The van der Waals surface area contributed by atoms with Crippen LogP contribution in [0.2, 0.25) is 0 Å². The van der Waals surface area contributed by atoms with Crippen molar-refractivity contribution >= 4 is 44.9 Å². The number of hydrogen-bond donors (Lipinski definition) is 1. The van der Waals surface area contributed by atoms with Gasteiger partial charge in [-0.05, 0) is 31.5 Å². The van der Waals surface area contributed by atoms with E-state index in [-0.39, 0.29) is 11.7 Å². The summed E-state index contributed by atoms with van der Waals surface area (Å²) in [5.74, 6) is 0.809. The van der Waals surface area contributed by atoms with Crippen molar-refractivity contribution < 1.29 is 9.53 Å². The van der Waals surface area contributed by atoms with Gasteiger partial charge in [-0.15, -0.1) is 11.3 Å². The normalized spacial score (nSPS) is 10.9. The van der Waals surface area contributed by atoms with Gasteiger partial charge in [-0.3, -0.25) is 4.79 Å². The molecule has 0 saturated heterocycles. The number of aryl methyl sites for hydroxylation is 1. The first-order chi connectivity index (χ1) is 14.7. The number of thioether (sulfide) groups is 1. The molecular weight excluding hydrogens is 414 g/mol.